The standard InChI is InChI=1S/C17H18N2O3/c1-11-6-7-12(8-11)9-16-18-17(19-22-16)15-10-20-13-4-2-3-5-14(13)21-15/h2-5,9,11,15H,6-8,10H2,1H3. The zero-order chi connectivity index (χ0) is 14.9. The van der Waals surface area contributed by atoms with Gasteiger partial charge < -0.3 is 14.0 Å². The fraction of sp³-hybridized carbons (Fsp3) is 0.412. The molecule has 0 spiro atoms. The third kappa shape index (κ3) is 2.58. The lowest BCUT2D eigenvalue weighted by Gasteiger charge is -2.24. The number of ether oxygens (including phenoxy) is 2. The molecule has 0 N–H and O–H groups in total. The van der Waals surface area contributed by atoms with Crippen molar-refractivity contribution in [3.8, 4) is 11.5 Å². The van der Waals surface area contributed by atoms with E-state index in [1.165, 1.54) is 12.0 Å². The zero-order valence-corrected chi connectivity index (χ0v) is 12.5. The Labute approximate surface area is 128 Å². The van der Waals surface area contributed by atoms with Gasteiger partial charge in [-0.25, -0.2) is 0 Å². The van der Waals surface area contributed by atoms with Crippen LogP contribution in [-0.2, 0) is 0 Å². The van der Waals surface area contributed by atoms with Crippen molar-refractivity contribution < 1.29 is 14.0 Å². The molecule has 0 radical (unpaired) electrons. The van der Waals surface area contributed by atoms with Gasteiger partial charge >= 0.3 is 0 Å². The largest absolute Gasteiger partial charge is 0.485 e. The summed E-state index contributed by atoms with van der Waals surface area (Å²) in [6.45, 7) is 2.66. The second-order valence-electron chi connectivity index (χ2n) is 6.01. The third-order valence-electron chi connectivity index (χ3n) is 4.15. The molecule has 22 heavy (non-hydrogen) atoms. The highest BCUT2D eigenvalue weighted by Gasteiger charge is 2.26. The second kappa shape index (κ2) is 5.48. The summed E-state index contributed by atoms with van der Waals surface area (Å²) in [5.74, 6) is 3.31. The van der Waals surface area contributed by atoms with Crippen LogP contribution in [0.25, 0.3) is 6.08 Å². The molecule has 0 saturated heterocycles. The highest BCUT2D eigenvalue weighted by atomic mass is 16.6. The normalized spacial score (nSPS) is 25.6. The van der Waals surface area contributed by atoms with E-state index < -0.39 is 0 Å². The van der Waals surface area contributed by atoms with Gasteiger partial charge in [-0.2, -0.15) is 4.98 Å². The van der Waals surface area contributed by atoms with Crippen LogP contribution in [0, 0.1) is 5.92 Å². The molecule has 1 saturated carbocycles. The molecule has 5 nitrogen and oxygen atoms in total. The number of benzene rings is 1. The van der Waals surface area contributed by atoms with Crippen molar-refractivity contribution in [2.45, 2.75) is 32.3 Å². The number of allylic oxidation sites excluding steroid dienone is 1. The van der Waals surface area contributed by atoms with Crippen LogP contribution in [0.5, 0.6) is 11.5 Å². The van der Waals surface area contributed by atoms with E-state index in [2.05, 4.69) is 17.1 Å². The molecule has 4 rings (SSSR count). The quantitative estimate of drug-likeness (QED) is 0.844. The van der Waals surface area contributed by atoms with Crippen LogP contribution < -0.4 is 9.47 Å². The predicted molar refractivity (Wildman–Crippen MR) is 80.6 cm³/mol. The molecule has 1 aliphatic heterocycles. The van der Waals surface area contributed by atoms with Crippen LogP contribution >= 0.6 is 0 Å². The number of fused-ring (bicyclic) bond motifs is 1. The Kier molecular flexibility index (Phi) is 3.33. The number of hydrogen-bond acceptors (Lipinski definition) is 5. The van der Waals surface area contributed by atoms with E-state index in [0.29, 0.717) is 24.1 Å². The van der Waals surface area contributed by atoms with Crippen molar-refractivity contribution in [2.24, 2.45) is 5.92 Å². The van der Waals surface area contributed by atoms with E-state index in [4.69, 9.17) is 14.0 Å². The molecule has 1 fully saturated rings. The van der Waals surface area contributed by atoms with Crippen molar-refractivity contribution in [2.75, 3.05) is 6.61 Å². The number of para-hydroxylation sites is 2. The maximum Gasteiger partial charge on any atom is 0.250 e. The van der Waals surface area contributed by atoms with E-state index >= 15 is 0 Å². The molecule has 0 bridgehead atoms. The maximum absolute atomic E-state index is 5.89. The third-order valence-corrected chi connectivity index (χ3v) is 4.15. The molecular formula is C17H18N2O3. The maximum atomic E-state index is 5.89. The van der Waals surface area contributed by atoms with Gasteiger partial charge in [0.25, 0.3) is 5.89 Å². The fourth-order valence-electron chi connectivity index (χ4n) is 2.97. The van der Waals surface area contributed by atoms with Gasteiger partial charge in [0.15, 0.2) is 17.6 Å². The van der Waals surface area contributed by atoms with Crippen LogP contribution in [-0.4, -0.2) is 16.7 Å². The SMILES string of the molecule is CC1CCC(=Cc2nc(C3COc4ccccc4O3)no2)C1. The van der Waals surface area contributed by atoms with Gasteiger partial charge in [-0.3, -0.25) is 0 Å². The molecule has 1 aliphatic carbocycles. The van der Waals surface area contributed by atoms with Gasteiger partial charge in [-0.15, -0.1) is 0 Å². The van der Waals surface area contributed by atoms with Gasteiger partial charge in [0, 0.05) is 6.08 Å². The van der Waals surface area contributed by atoms with Gasteiger partial charge in [-0.1, -0.05) is 29.8 Å². The number of hydrogen-bond donors (Lipinski definition) is 0. The Morgan fingerprint density at radius 1 is 1.23 bits per heavy atom. The van der Waals surface area contributed by atoms with E-state index in [1.807, 2.05) is 30.3 Å². The molecule has 5 heteroatoms. The minimum absolute atomic E-state index is 0.326. The highest BCUT2D eigenvalue weighted by molar-refractivity contribution is 5.45. The highest BCUT2D eigenvalue weighted by Crippen LogP contribution is 2.35. The van der Waals surface area contributed by atoms with Crippen molar-refractivity contribution in [1.29, 1.82) is 0 Å². The first-order valence-electron chi connectivity index (χ1n) is 7.69. The zero-order valence-electron chi connectivity index (χ0n) is 12.5. The summed E-state index contributed by atoms with van der Waals surface area (Å²) >= 11 is 0. The fourth-order valence-corrected chi connectivity index (χ4v) is 2.97. The first-order chi connectivity index (χ1) is 10.8. The molecule has 2 heterocycles. The minimum atomic E-state index is -0.326. The van der Waals surface area contributed by atoms with Gasteiger partial charge in [0.05, 0.1) is 0 Å². The summed E-state index contributed by atoms with van der Waals surface area (Å²) in [6.07, 6.45) is 5.16. The Hall–Kier alpha value is -2.30. The van der Waals surface area contributed by atoms with Crippen molar-refractivity contribution in [3.63, 3.8) is 0 Å². The van der Waals surface area contributed by atoms with Crippen LogP contribution in [0.1, 0.15) is 44.0 Å². The minimum Gasteiger partial charge on any atom is -0.485 e. The molecule has 2 atom stereocenters. The van der Waals surface area contributed by atoms with Gasteiger partial charge in [0.2, 0.25) is 5.82 Å². The summed E-state index contributed by atoms with van der Waals surface area (Å²) in [4.78, 5) is 4.44. The lowest BCUT2D eigenvalue weighted by molar-refractivity contribution is 0.0832. The summed E-state index contributed by atoms with van der Waals surface area (Å²) < 4.78 is 16.9. The summed E-state index contributed by atoms with van der Waals surface area (Å²) in [5, 5.41) is 4.04. The van der Waals surface area contributed by atoms with Crippen LogP contribution in [0.4, 0.5) is 0 Å². The Bertz CT molecular complexity index is 707. The van der Waals surface area contributed by atoms with Crippen molar-refractivity contribution >= 4 is 6.08 Å². The molecule has 1 aromatic carbocycles. The average Bonchev–Trinajstić information content (AvgIpc) is 3.16. The number of rotatable bonds is 2. The molecule has 2 aliphatic rings. The summed E-state index contributed by atoms with van der Waals surface area (Å²) in [5.41, 5.74) is 1.38. The molecule has 2 unspecified atom stereocenters. The van der Waals surface area contributed by atoms with E-state index in [0.717, 1.165) is 24.5 Å². The summed E-state index contributed by atoms with van der Waals surface area (Å²) in [6, 6.07) is 7.60. The van der Waals surface area contributed by atoms with Gasteiger partial charge in [-0.05, 0) is 37.3 Å². The van der Waals surface area contributed by atoms with E-state index in [1.54, 1.807) is 0 Å². The van der Waals surface area contributed by atoms with E-state index in [-0.39, 0.29) is 6.10 Å². The lowest BCUT2D eigenvalue weighted by atomic mass is 10.1. The van der Waals surface area contributed by atoms with Crippen LogP contribution in [0.3, 0.4) is 0 Å². The first-order valence-corrected chi connectivity index (χ1v) is 7.69. The molecular weight excluding hydrogens is 280 g/mol. The molecule has 2 aromatic rings. The smallest absolute Gasteiger partial charge is 0.250 e. The number of nitrogens with zero attached hydrogens (tertiary/aromatic N) is 2. The molecule has 114 valence electrons. The van der Waals surface area contributed by atoms with Crippen LogP contribution in [0.15, 0.2) is 34.4 Å². The van der Waals surface area contributed by atoms with Crippen LogP contribution in [0.2, 0.25) is 0 Å². The molecule has 1 aromatic heterocycles. The Balaban J connectivity index is 1.51. The monoisotopic (exact) mass is 298 g/mol. The topological polar surface area (TPSA) is 57.4 Å². The lowest BCUT2D eigenvalue weighted by Crippen LogP contribution is -2.22. The van der Waals surface area contributed by atoms with Crippen molar-refractivity contribution in [3.05, 3.63) is 41.6 Å². The number of aromatic nitrogens is 2. The second-order valence-corrected chi connectivity index (χ2v) is 6.01. The summed E-state index contributed by atoms with van der Waals surface area (Å²) in [7, 11) is 0. The average molecular weight is 298 g/mol. The Morgan fingerprint density at radius 2 is 2.09 bits per heavy atom. The Morgan fingerprint density at radius 3 is 2.91 bits per heavy atom. The molecule has 0 amide bonds. The van der Waals surface area contributed by atoms with Crippen molar-refractivity contribution in [1.82, 2.24) is 10.1 Å². The van der Waals surface area contributed by atoms with E-state index in [9.17, 15) is 0 Å². The first kappa shape index (κ1) is 13.4. The van der Waals surface area contributed by atoms with Gasteiger partial charge in [0.1, 0.15) is 6.61 Å². The predicted octanol–water partition coefficient (Wildman–Crippen LogP) is 3.79.